The molecule has 2 atom stereocenters. The lowest BCUT2D eigenvalue weighted by molar-refractivity contribution is 0.753. The third-order valence-electron chi connectivity index (χ3n) is 2.55. The van der Waals surface area contributed by atoms with Crippen molar-refractivity contribution in [3.8, 4) is 0 Å². The molecule has 0 bridgehead atoms. The van der Waals surface area contributed by atoms with Crippen LogP contribution in [0.3, 0.4) is 0 Å². The molecule has 2 nitrogen and oxygen atoms in total. The number of rotatable bonds is 3. The molecule has 1 aliphatic rings. The van der Waals surface area contributed by atoms with Crippen LogP contribution in [0.1, 0.15) is 19.3 Å². The second-order valence-corrected chi connectivity index (χ2v) is 6.08. The predicted octanol–water partition coefficient (Wildman–Crippen LogP) is 3.49. The summed E-state index contributed by atoms with van der Waals surface area (Å²) in [5.74, 6) is 0.937. The molecule has 2 rings (SSSR count). The Morgan fingerprint density at radius 2 is 2.50 bits per heavy atom. The molecule has 78 valence electrons. The summed E-state index contributed by atoms with van der Waals surface area (Å²) >= 11 is 9.21. The number of thiazole rings is 1. The van der Waals surface area contributed by atoms with Gasteiger partial charge >= 0.3 is 0 Å². The zero-order valence-corrected chi connectivity index (χ0v) is 10.4. The maximum absolute atomic E-state index is 5.77. The summed E-state index contributed by atoms with van der Waals surface area (Å²) in [5, 5.41) is 6.23. The van der Waals surface area contributed by atoms with Crippen molar-refractivity contribution in [1.82, 2.24) is 4.98 Å². The van der Waals surface area contributed by atoms with Crippen LogP contribution < -0.4 is 5.32 Å². The van der Waals surface area contributed by atoms with Crippen molar-refractivity contribution < 1.29 is 0 Å². The molecule has 14 heavy (non-hydrogen) atoms. The van der Waals surface area contributed by atoms with Gasteiger partial charge in [-0.1, -0.05) is 11.6 Å². The van der Waals surface area contributed by atoms with E-state index < -0.39 is 0 Å². The molecule has 1 aliphatic carbocycles. The van der Waals surface area contributed by atoms with Crippen LogP contribution in [0.2, 0.25) is 4.47 Å². The van der Waals surface area contributed by atoms with Gasteiger partial charge in [0.2, 0.25) is 0 Å². The Balaban J connectivity index is 1.87. The molecule has 1 aromatic heterocycles. The van der Waals surface area contributed by atoms with Crippen LogP contribution >= 0.6 is 34.7 Å². The Hall–Kier alpha value is 0.0700. The number of hydrogen-bond acceptors (Lipinski definition) is 4. The van der Waals surface area contributed by atoms with Gasteiger partial charge in [-0.15, -0.1) is 11.3 Å². The standard InChI is InChI=1S/C9H13ClN2S2/c1-13-7-3-2-6(4-7)11-8-5-14-9(10)12-8/h5-7,11H,2-4H2,1H3. The minimum absolute atomic E-state index is 0.589. The first-order valence-electron chi connectivity index (χ1n) is 4.68. The van der Waals surface area contributed by atoms with E-state index in [-0.39, 0.29) is 0 Å². The lowest BCUT2D eigenvalue weighted by Gasteiger charge is -2.11. The van der Waals surface area contributed by atoms with Crippen molar-refractivity contribution in [2.45, 2.75) is 30.6 Å². The minimum Gasteiger partial charge on any atom is -0.367 e. The fourth-order valence-electron chi connectivity index (χ4n) is 1.81. The average molecular weight is 249 g/mol. The molecule has 1 N–H and O–H groups in total. The van der Waals surface area contributed by atoms with Gasteiger partial charge in [0.1, 0.15) is 5.82 Å². The Morgan fingerprint density at radius 1 is 1.64 bits per heavy atom. The van der Waals surface area contributed by atoms with E-state index in [0.29, 0.717) is 10.5 Å². The second-order valence-electron chi connectivity index (χ2n) is 3.50. The molecule has 2 unspecified atom stereocenters. The number of nitrogens with zero attached hydrogens (tertiary/aromatic N) is 1. The van der Waals surface area contributed by atoms with Crippen LogP contribution in [0.5, 0.6) is 0 Å². The van der Waals surface area contributed by atoms with Crippen molar-refractivity contribution in [3.05, 3.63) is 9.85 Å². The molecule has 0 saturated heterocycles. The maximum Gasteiger partial charge on any atom is 0.185 e. The largest absolute Gasteiger partial charge is 0.367 e. The molecule has 0 spiro atoms. The first-order valence-corrected chi connectivity index (χ1v) is 7.23. The van der Waals surface area contributed by atoms with Gasteiger partial charge < -0.3 is 5.32 Å². The number of thioether (sulfide) groups is 1. The van der Waals surface area contributed by atoms with Crippen molar-refractivity contribution in [2.75, 3.05) is 11.6 Å². The third kappa shape index (κ3) is 2.55. The normalized spacial score (nSPS) is 26.7. The monoisotopic (exact) mass is 248 g/mol. The summed E-state index contributed by atoms with van der Waals surface area (Å²) in [6, 6.07) is 0.589. The van der Waals surface area contributed by atoms with Gasteiger partial charge in [0, 0.05) is 16.7 Å². The summed E-state index contributed by atoms with van der Waals surface area (Å²) in [6.07, 6.45) is 6.00. The van der Waals surface area contributed by atoms with Gasteiger partial charge in [0.05, 0.1) is 0 Å². The first kappa shape index (κ1) is 10.6. The van der Waals surface area contributed by atoms with Gasteiger partial charge in [-0.3, -0.25) is 0 Å². The van der Waals surface area contributed by atoms with Gasteiger partial charge in [-0.25, -0.2) is 4.98 Å². The number of anilines is 1. The molecule has 0 amide bonds. The quantitative estimate of drug-likeness (QED) is 0.887. The van der Waals surface area contributed by atoms with Crippen LogP contribution in [0.25, 0.3) is 0 Å². The summed E-state index contributed by atoms with van der Waals surface area (Å²) in [4.78, 5) is 4.19. The van der Waals surface area contributed by atoms with Crippen LogP contribution in [-0.2, 0) is 0 Å². The smallest absolute Gasteiger partial charge is 0.185 e. The summed E-state index contributed by atoms with van der Waals surface area (Å²) in [5.41, 5.74) is 0. The van der Waals surface area contributed by atoms with Crippen molar-refractivity contribution in [1.29, 1.82) is 0 Å². The molecule has 1 fully saturated rings. The zero-order valence-electron chi connectivity index (χ0n) is 8.00. The van der Waals surface area contributed by atoms with Gasteiger partial charge in [0.15, 0.2) is 4.47 Å². The first-order chi connectivity index (χ1) is 6.78. The zero-order chi connectivity index (χ0) is 9.97. The third-order valence-corrected chi connectivity index (χ3v) is 4.62. The molecular formula is C9H13ClN2S2. The highest BCUT2D eigenvalue weighted by atomic mass is 35.5. The average Bonchev–Trinajstić information content (AvgIpc) is 2.76. The Bertz CT molecular complexity index is 303. The highest BCUT2D eigenvalue weighted by Gasteiger charge is 2.23. The van der Waals surface area contributed by atoms with E-state index in [2.05, 4.69) is 16.6 Å². The summed E-state index contributed by atoms with van der Waals surface area (Å²) in [7, 11) is 0. The highest BCUT2D eigenvalue weighted by Crippen LogP contribution is 2.30. The van der Waals surface area contributed by atoms with Crippen molar-refractivity contribution >= 4 is 40.5 Å². The maximum atomic E-state index is 5.77. The number of aromatic nitrogens is 1. The predicted molar refractivity (Wildman–Crippen MR) is 65.7 cm³/mol. The number of hydrogen-bond donors (Lipinski definition) is 1. The van der Waals surface area contributed by atoms with E-state index in [9.17, 15) is 0 Å². The molecule has 5 heteroatoms. The van der Waals surface area contributed by atoms with Crippen molar-refractivity contribution in [3.63, 3.8) is 0 Å². The molecule has 0 aliphatic heterocycles. The number of nitrogens with one attached hydrogen (secondary N) is 1. The molecule has 0 aromatic carbocycles. The lowest BCUT2D eigenvalue weighted by Crippen LogP contribution is -2.15. The van der Waals surface area contributed by atoms with Crippen molar-refractivity contribution in [2.24, 2.45) is 0 Å². The molecule has 1 heterocycles. The van der Waals surface area contributed by atoms with E-state index in [4.69, 9.17) is 11.6 Å². The Morgan fingerprint density at radius 3 is 3.07 bits per heavy atom. The number of halogens is 1. The SMILES string of the molecule is CSC1CCC(Nc2csc(Cl)n2)C1. The van der Waals surface area contributed by atoms with E-state index in [0.717, 1.165) is 11.1 Å². The summed E-state index contributed by atoms with van der Waals surface area (Å²) < 4.78 is 0.618. The van der Waals surface area contributed by atoms with Crippen LogP contribution in [0, 0.1) is 0 Å². The lowest BCUT2D eigenvalue weighted by atomic mass is 10.2. The summed E-state index contributed by atoms with van der Waals surface area (Å²) in [6.45, 7) is 0. The fourth-order valence-corrected chi connectivity index (χ4v) is 3.31. The van der Waals surface area contributed by atoms with Gasteiger partial charge in [-0.2, -0.15) is 11.8 Å². The van der Waals surface area contributed by atoms with Gasteiger partial charge in [0.25, 0.3) is 0 Å². The minimum atomic E-state index is 0.589. The Kier molecular flexibility index (Phi) is 3.57. The van der Waals surface area contributed by atoms with E-state index in [1.807, 2.05) is 17.1 Å². The van der Waals surface area contributed by atoms with Crippen LogP contribution in [0.4, 0.5) is 5.82 Å². The Labute approximate surface area is 97.5 Å². The highest BCUT2D eigenvalue weighted by molar-refractivity contribution is 7.99. The van der Waals surface area contributed by atoms with E-state index in [1.54, 1.807) is 0 Å². The molecular weight excluding hydrogens is 236 g/mol. The van der Waals surface area contributed by atoms with E-state index >= 15 is 0 Å². The van der Waals surface area contributed by atoms with Crippen LogP contribution in [0.15, 0.2) is 5.38 Å². The van der Waals surface area contributed by atoms with Gasteiger partial charge in [-0.05, 0) is 25.5 Å². The van der Waals surface area contributed by atoms with Crippen LogP contribution in [-0.4, -0.2) is 22.5 Å². The van der Waals surface area contributed by atoms with E-state index in [1.165, 1.54) is 30.6 Å². The second kappa shape index (κ2) is 4.73. The molecule has 1 aromatic rings. The molecule has 0 radical (unpaired) electrons. The molecule has 1 saturated carbocycles. The topological polar surface area (TPSA) is 24.9 Å². The fraction of sp³-hybridized carbons (Fsp3) is 0.667.